The Morgan fingerprint density at radius 1 is 1.00 bits per heavy atom. The van der Waals surface area contributed by atoms with Crippen molar-refractivity contribution >= 4 is 33.0 Å². The van der Waals surface area contributed by atoms with Crippen LogP contribution in [-0.2, 0) is 21.2 Å². The number of carbonyl (C=O) groups is 1. The molecule has 0 saturated carbocycles. The Labute approximate surface area is 169 Å². The lowest BCUT2D eigenvalue weighted by atomic mass is 10.0. The third-order valence-electron chi connectivity index (χ3n) is 4.52. The van der Waals surface area contributed by atoms with Crippen molar-refractivity contribution in [3.8, 4) is 0 Å². The lowest BCUT2D eigenvalue weighted by Crippen LogP contribution is -2.45. The molecule has 7 heteroatoms. The first-order valence-electron chi connectivity index (χ1n) is 8.83. The van der Waals surface area contributed by atoms with E-state index in [1.54, 1.807) is 11.4 Å². The summed E-state index contributed by atoms with van der Waals surface area (Å²) in [6.07, 6.45) is 0.252. The summed E-state index contributed by atoms with van der Waals surface area (Å²) in [7, 11) is -3.78. The highest BCUT2D eigenvalue weighted by Gasteiger charge is 2.27. The number of sulfonamides is 1. The van der Waals surface area contributed by atoms with Crippen molar-refractivity contribution < 1.29 is 13.2 Å². The summed E-state index contributed by atoms with van der Waals surface area (Å²) in [5.74, 6) is -0.391. The molecular weight excluding hydrogens is 392 g/mol. The van der Waals surface area contributed by atoms with Crippen LogP contribution in [0, 0.1) is 13.8 Å². The second-order valence-corrected chi connectivity index (χ2v) is 9.42. The summed E-state index contributed by atoms with van der Waals surface area (Å²) in [5.41, 5.74) is 3.56. The first kappa shape index (κ1) is 20.3. The fourth-order valence-corrected chi connectivity index (χ4v) is 5.01. The normalized spacial score (nSPS) is 12.5. The lowest BCUT2D eigenvalue weighted by molar-refractivity contribution is -0.117. The number of nitrogens with one attached hydrogen (secondary N) is 2. The molecule has 5 nitrogen and oxygen atoms in total. The van der Waals surface area contributed by atoms with Gasteiger partial charge >= 0.3 is 0 Å². The van der Waals surface area contributed by atoms with Crippen molar-refractivity contribution in [1.29, 1.82) is 0 Å². The van der Waals surface area contributed by atoms with E-state index in [0.717, 1.165) is 28.0 Å². The Hall–Kier alpha value is -2.48. The number of carbonyl (C=O) groups excluding carboxylic acids is 1. The van der Waals surface area contributed by atoms with Crippen molar-refractivity contribution in [3.63, 3.8) is 0 Å². The van der Waals surface area contributed by atoms with Crippen molar-refractivity contribution in [2.24, 2.45) is 0 Å². The van der Waals surface area contributed by atoms with Crippen molar-refractivity contribution in [1.82, 2.24) is 4.72 Å². The Morgan fingerprint density at radius 3 is 2.43 bits per heavy atom. The SMILES string of the molecule is Cc1cccc(NC(=O)[C@@H](Cc2ccccc2)NS(=O)(=O)c2cccs2)c1C. The maximum atomic E-state index is 13.0. The van der Waals surface area contributed by atoms with Gasteiger partial charge in [-0.3, -0.25) is 4.79 Å². The third kappa shape index (κ3) is 4.86. The predicted octanol–water partition coefficient (Wildman–Crippen LogP) is 3.89. The van der Waals surface area contributed by atoms with Crippen molar-refractivity contribution in [3.05, 3.63) is 82.7 Å². The van der Waals surface area contributed by atoms with Gasteiger partial charge in [0, 0.05) is 5.69 Å². The number of benzene rings is 2. The average molecular weight is 415 g/mol. The summed E-state index contributed by atoms with van der Waals surface area (Å²) in [5, 5.41) is 4.57. The first-order chi connectivity index (χ1) is 13.4. The van der Waals surface area contributed by atoms with Gasteiger partial charge in [-0.2, -0.15) is 4.72 Å². The van der Waals surface area contributed by atoms with E-state index < -0.39 is 22.0 Å². The van der Waals surface area contributed by atoms with Crippen LogP contribution in [0.3, 0.4) is 0 Å². The van der Waals surface area contributed by atoms with Crippen molar-refractivity contribution in [2.75, 3.05) is 5.32 Å². The molecule has 0 fully saturated rings. The Bertz CT molecular complexity index is 1050. The standard InChI is InChI=1S/C21H22N2O3S2/c1-15-8-6-11-18(16(15)2)22-21(24)19(14-17-9-4-3-5-10-17)23-28(25,26)20-12-7-13-27-20/h3-13,19,23H,14H2,1-2H3,(H,22,24)/t19-/m1/s1. The summed E-state index contributed by atoms with van der Waals surface area (Å²) in [6, 6.07) is 17.2. The van der Waals surface area contributed by atoms with E-state index in [1.165, 1.54) is 6.07 Å². The van der Waals surface area contributed by atoms with Crippen LogP contribution in [0.4, 0.5) is 5.69 Å². The van der Waals surface area contributed by atoms with Gasteiger partial charge in [0.1, 0.15) is 10.3 Å². The number of rotatable bonds is 7. The van der Waals surface area contributed by atoms with Gasteiger partial charge in [0.15, 0.2) is 0 Å². The zero-order chi connectivity index (χ0) is 20.1. The first-order valence-corrected chi connectivity index (χ1v) is 11.2. The van der Waals surface area contributed by atoms with E-state index in [4.69, 9.17) is 0 Å². The maximum absolute atomic E-state index is 13.0. The Kier molecular flexibility index (Phi) is 6.28. The highest BCUT2D eigenvalue weighted by molar-refractivity contribution is 7.91. The van der Waals surface area contributed by atoms with Gasteiger partial charge in [0.25, 0.3) is 10.0 Å². The van der Waals surface area contributed by atoms with Crippen LogP contribution in [0.5, 0.6) is 0 Å². The monoisotopic (exact) mass is 414 g/mol. The van der Waals surface area contributed by atoms with Crippen LogP contribution < -0.4 is 10.0 Å². The van der Waals surface area contributed by atoms with E-state index >= 15 is 0 Å². The molecule has 0 aliphatic carbocycles. The number of hydrogen-bond acceptors (Lipinski definition) is 4. The molecule has 0 saturated heterocycles. The molecule has 2 N–H and O–H groups in total. The number of aryl methyl sites for hydroxylation is 1. The van der Waals surface area contributed by atoms with Crippen LogP contribution in [0.1, 0.15) is 16.7 Å². The van der Waals surface area contributed by atoms with Crippen molar-refractivity contribution in [2.45, 2.75) is 30.5 Å². The fourth-order valence-electron chi connectivity index (χ4n) is 2.81. The molecule has 28 heavy (non-hydrogen) atoms. The van der Waals surface area contributed by atoms with Gasteiger partial charge in [0.2, 0.25) is 5.91 Å². The Balaban J connectivity index is 1.87. The number of anilines is 1. The number of amides is 1. The molecule has 146 valence electrons. The van der Waals surface area contributed by atoms with Gasteiger partial charge in [-0.05, 0) is 54.5 Å². The molecule has 0 spiro atoms. The van der Waals surface area contributed by atoms with E-state index in [0.29, 0.717) is 5.69 Å². The topological polar surface area (TPSA) is 75.3 Å². The second kappa shape index (κ2) is 8.68. The molecule has 1 aromatic heterocycles. The van der Waals surface area contributed by atoms with Crippen LogP contribution in [0.25, 0.3) is 0 Å². The summed E-state index contributed by atoms with van der Waals surface area (Å²) >= 11 is 1.12. The molecular formula is C21H22N2O3S2. The minimum Gasteiger partial charge on any atom is -0.324 e. The molecule has 0 unspecified atom stereocenters. The summed E-state index contributed by atoms with van der Waals surface area (Å²) in [4.78, 5) is 13.0. The van der Waals surface area contributed by atoms with Gasteiger partial charge in [0.05, 0.1) is 0 Å². The molecule has 0 bridgehead atoms. The zero-order valence-electron chi connectivity index (χ0n) is 15.7. The van der Waals surface area contributed by atoms with Crippen LogP contribution >= 0.6 is 11.3 Å². The maximum Gasteiger partial charge on any atom is 0.250 e. The van der Waals surface area contributed by atoms with E-state index in [9.17, 15) is 13.2 Å². The van der Waals surface area contributed by atoms with Crippen LogP contribution in [0.15, 0.2) is 70.3 Å². The second-order valence-electron chi connectivity index (χ2n) is 6.53. The largest absolute Gasteiger partial charge is 0.324 e. The zero-order valence-corrected chi connectivity index (χ0v) is 17.3. The minimum absolute atomic E-state index is 0.185. The predicted molar refractivity (Wildman–Crippen MR) is 113 cm³/mol. The van der Waals surface area contributed by atoms with Crippen LogP contribution in [-0.4, -0.2) is 20.4 Å². The van der Waals surface area contributed by atoms with Gasteiger partial charge < -0.3 is 5.32 Å². The fraction of sp³-hybridized carbons (Fsp3) is 0.190. The molecule has 3 aromatic rings. The van der Waals surface area contributed by atoms with Gasteiger partial charge in [-0.15, -0.1) is 11.3 Å². The van der Waals surface area contributed by atoms with E-state index in [1.807, 2.05) is 62.4 Å². The van der Waals surface area contributed by atoms with E-state index in [-0.39, 0.29) is 10.6 Å². The van der Waals surface area contributed by atoms with Gasteiger partial charge in [-0.25, -0.2) is 8.42 Å². The van der Waals surface area contributed by atoms with Gasteiger partial charge in [-0.1, -0.05) is 48.5 Å². The van der Waals surface area contributed by atoms with Crippen LogP contribution in [0.2, 0.25) is 0 Å². The number of thiophene rings is 1. The molecule has 1 amide bonds. The highest BCUT2D eigenvalue weighted by atomic mass is 32.2. The quantitative estimate of drug-likeness (QED) is 0.616. The Morgan fingerprint density at radius 2 is 1.75 bits per heavy atom. The smallest absolute Gasteiger partial charge is 0.250 e. The average Bonchev–Trinajstić information content (AvgIpc) is 3.21. The summed E-state index contributed by atoms with van der Waals surface area (Å²) in [6.45, 7) is 3.89. The molecule has 0 aliphatic rings. The molecule has 2 aromatic carbocycles. The molecule has 1 atom stereocenters. The number of hydrogen-bond donors (Lipinski definition) is 2. The lowest BCUT2D eigenvalue weighted by Gasteiger charge is -2.19. The summed E-state index contributed by atoms with van der Waals surface area (Å²) < 4.78 is 28.1. The minimum atomic E-state index is -3.78. The molecule has 3 rings (SSSR count). The highest BCUT2D eigenvalue weighted by Crippen LogP contribution is 2.20. The molecule has 1 heterocycles. The van der Waals surface area contributed by atoms with E-state index in [2.05, 4.69) is 10.0 Å². The molecule has 0 radical (unpaired) electrons. The molecule has 0 aliphatic heterocycles. The third-order valence-corrected chi connectivity index (χ3v) is 7.39.